The molecule has 0 radical (unpaired) electrons. The molecule has 86 valence electrons. The van der Waals surface area contributed by atoms with Crippen molar-refractivity contribution in [1.29, 1.82) is 0 Å². The maximum Gasteiger partial charge on any atom is 0.176 e. The van der Waals surface area contributed by atoms with Crippen molar-refractivity contribution in [1.82, 2.24) is 25.5 Å². The summed E-state index contributed by atoms with van der Waals surface area (Å²) >= 11 is 7.48. The molecule has 0 spiro atoms. The zero-order valence-electron chi connectivity index (χ0n) is 9.01. The Morgan fingerprint density at radius 3 is 2.88 bits per heavy atom. The van der Waals surface area contributed by atoms with Crippen molar-refractivity contribution in [2.24, 2.45) is 7.05 Å². The van der Waals surface area contributed by atoms with Crippen LogP contribution in [-0.2, 0) is 13.5 Å². The second kappa shape index (κ2) is 4.90. The molecule has 0 saturated heterocycles. The van der Waals surface area contributed by atoms with E-state index in [2.05, 4.69) is 20.7 Å². The third-order valence-corrected chi connectivity index (χ3v) is 3.57. The van der Waals surface area contributed by atoms with E-state index in [1.807, 2.05) is 19.2 Å². The Morgan fingerprint density at radius 2 is 2.38 bits per heavy atom. The van der Waals surface area contributed by atoms with Gasteiger partial charge in [0.2, 0.25) is 0 Å². The number of nitrogens with zero attached hydrogens (tertiary/aromatic N) is 4. The molecule has 0 fully saturated rings. The lowest BCUT2D eigenvalue weighted by Gasteiger charge is -2.11. The van der Waals surface area contributed by atoms with Gasteiger partial charge in [-0.3, -0.25) is 0 Å². The molecule has 0 amide bonds. The van der Waals surface area contributed by atoms with Gasteiger partial charge in [-0.1, -0.05) is 11.6 Å². The number of rotatable bonds is 4. The van der Waals surface area contributed by atoms with E-state index in [-0.39, 0.29) is 6.04 Å². The van der Waals surface area contributed by atoms with E-state index in [9.17, 15) is 0 Å². The summed E-state index contributed by atoms with van der Waals surface area (Å²) in [6.07, 6.45) is 0.710. The monoisotopic (exact) mass is 257 g/mol. The van der Waals surface area contributed by atoms with Gasteiger partial charge >= 0.3 is 0 Å². The quantitative estimate of drug-likeness (QED) is 0.900. The summed E-state index contributed by atoms with van der Waals surface area (Å²) in [5.74, 6) is 0.728. The van der Waals surface area contributed by atoms with Gasteiger partial charge in [-0.15, -0.1) is 21.5 Å². The molecule has 0 aromatic carbocycles. The summed E-state index contributed by atoms with van der Waals surface area (Å²) < 4.78 is 0.794. The molecular formula is C9H12ClN5S. The molecule has 5 nitrogen and oxygen atoms in total. The molecule has 2 rings (SSSR count). The van der Waals surface area contributed by atoms with Crippen LogP contribution in [0.3, 0.4) is 0 Å². The molecule has 0 aliphatic carbocycles. The molecule has 1 unspecified atom stereocenters. The van der Waals surface area contributed by atoms with Crippen LogP contribution in [0.1, 0.15) is 16.7 Å². The number of thiophene rings is 1. The number of nitrogens with one attached hydrogen (secondary N) is 1. The first-order valence-electron chi connectivity index (χ1n) is 4.84. The fourth-order valence-corrected chi connectivity index (χ4v) is 2.62. The molecule has 7 heteroatoms. The predicted molar refractivity (Wildman–Crippen MR) is 63.6 cm³/mol. The average Bonchev–Trinajstić information content (AvgIpc) is 2.84. The molecule has 16 heavy (non-hydrogen) atoms. The van der Waals surface area contributed by atoms with Crippen molar-refractivity contribution in [2.75, 3.05) is 7.05 Å². The van der Waals surface area contributed by atoms with E-state index >= 15 is 0 Å². The van der Waals surface area contributed by atoms with Gasteiger partial charge in [0.15, 0.2) is 5.82 Å². The summed E-state index contributed by atoms with van der Waals surface area (Å²) in [6.45, 7) is 0. The molecule has 0 aliphatic rings. The highest BCUT2D eigenvalue weighted by molar-refractivity contribution is 7.16. The van der Waals surface area contributed by atoms with Crippen LogP contribution in [0.4, 0.5) is 0 Å². The smallest absolute Gasteiger partial charge is 0.176 e. The van der Waals surface area contributed by atoms with Crippen LogP contribution in [0.25, 0.3) is 0 Å². The molecule has 1 atom stereocenters. The maximum absolute atomic E-state index is 5.91. The first-order valence-corrected chi connectivity index (χ1v) is 6.04. The van der Waals surface area contributed by atoms with Crippen molar-refractivity contribution in [3.8, 4) is 0 Å². The van der Waals surface area contributed by atoms with Crippen molar-refractivity contribution in [3.05, 3.63) is 27.2 Å². The Morgan fingerprint density at radius 1 is 1.56 bits per heavy atom. The molecule has 0 bridgehead atoms. The number of hydrogen-bond acceptors (Lipinski definition) is 5. The minimum absolute atomic E-state index is 0.182. The molecule has 2 aromatic heterocycles. The Balaban J connectivity index is 2.12. The molecular weight excluding hydrogens is 246 g/mol. The van der Waals surface area contributed by atoms with Crippen LogP contribution in [-0.4, -0.2) is 27.3 Å². The summed E-state index contributed by atoms with van der Waals surface area (Å²) in [4.78, 5) is 2.64. The Hall–Kier alpha value is -0.980. The summed E-state index contributed by atoms with van der Waals surface area (Å²) in [5.41, 5.74) is 0. The van der Waals surface area contributed by atoms with Gasteiger partial charge in [-0.2, -0.15) is 4.80 Å². The van der Waals surface area contributed by atoms with Crippen molar-refractivity contribution < 1.29 is 0 Å². The van der Waals surface area contributed by atoms with E-state index in [1.165, 1.54) is 9.67 Å². The second-order valence-electron chi connectivity index (χ2n) is 3.38. The van der Waals surface area contributed by atoms with Gasteiger partial charge in [0, 0.05) is 17.3 Å². The minimum atomic E-state index is 0.182. The highest BCUT2D eigenvalue weighted by Crippen LogP contribution is 2.28. The zero-order chi connectivity index (χ0) is 11.5. The molecule has 1 N–H and O–H groups in total. The van der Waals surface area contributed by atoms with Crippen molar-refractivity contribution >= 4 is 22.9 Å². The normalized spacial score (nSPS) is 12.9. The first-order chi connectivity index (χ1) is 7.69. The number of hydrogen-bond donors (Lipinski definition) is 1. The fourth-order valence-electron chi connectivity index (χ4n) is 1.45. The Kier molecular flexibility index (Phi) is 3.52. The van der Waals surface area contributed by atoms with Gasteiger partial charge in [-0.25, -0.2) is 0 Å². The van der Waals surface area contributed by atoms with E-state index in [1.54, 1.807) is 18.4 Å². The highest BCUT2D eigenvalue weighted by Gasteiger charge is 2.15. The standard InChI is InChI=1S/C9H12ClN5S/c1-11-6(7-3-4-8(10)16-7)5-9-12-14-15(2)13-9/h3-4,6,11H,5H2,1-2H3. The zero-order valence-corrected chi connectivity index (χ0v) is 10.6. The largest absolute Gasteiger partial charge is 0.312 e. The maximum atomic E-state index is 5.91. The second-order valence-corrected chi connectivity index (χ2v) is 5.13. The van der Waals surface area contributed by atoms with Crippen LogP contribution >= 0.6 is 22.9 Å². The lowest BCUT2D eigenvalue weighted by molar-refractivity contribution is 0.578. The number of halogens is 1. The summed E-state index contributed by atoms with van der Waals surface area (Å²) in [7, 11) is 3.67. The van der Waals surface area contributed by atoms with Gasteiger partial charge in [0.1, 0.15) is 0 Å². The summed E-state index contributed by atoms with van der Waals surface area (Å²) in [5, 5.41) is 15.2. The van der Waals surface area contributed by atoms with Crippen molar-refractivity contribution in [3.63, 3.8) is 0 Å². The highest BCUT2D eigenvalue weighted by atomic mass is 35.5. The van der Waals surface area contributed by atoms with Crippen LogP contribution in [0.2, 0.25) is 4.34 Å². The topological polar surface area (TPSA) is 55.6 Å². The van der Waals surface area contributed by atoms with Crippen molar-refractivity contribution in [2.45, 2.75) is 12.5 Å². The number of likely N-dealkylation sites (N-methyl/N-ethyl adjacent to an activating group) is 1. The molecule has 2 heterocycles. The third-order valence-electron chi connectivity index (χ3n) is 2.22. The molecule has 0 saturated carbocycles. The third kappa shape index (κ3) is 2.58. The first kappa shape index (κ1) is 11.5. The minimum Gasteiger partial charge on any atom is -0.312 e. The van der Waals surface area contributed by atoms with Gasteiger partial charge < -0.3 is 5.32 Å². The van der Waals surface area contributed by atoms with E-state index in [0.29, 0.717) is 6.42 Å². The van der Waals surface area contributed by atoms with Gasteiger partial charge in [0.25, 0.3) is 0 Å². The summed E-state index contributed by atoms with van der Waals surface area (Å²) in [6, 6.07) is 4.10. The number of aryl methyl sites for hydroxylation is 1. The lowest BCUT2D eigenvalue weighted by atomic mass is 10.1. The van der Waals surface area contributed by atoms with Gasteiger partial charge in [-0.05, 0) is 24.4 Å². The molecule has 0 aliphatic heterocycles. The average molecular weight is 258 g/mol. The lowest BCUT2D eigenvalue weighted by Crippen LogP contribution is -2.18. The van der Waals surface area contributed by atoms with E-state index in [4.69, 9.17) is 11.6 Å². The Bertz CT molecular complexity index is 466. The van der Waals surface area contributed by atoms with Crippen LogP contribution in [0.15, 0.2) is 12.1 Å². The number of aromatic nitrogens is 4. The van der Waals surface area contributed by atoms with Crippen LogP contribution < -0.4 is 5.32 Å². The number of tetrazole rings is 1. The van der Waals surface area contributed by atoms with Gasteiger partial charge in [0.05, 0.1) is 11.4 Å². The Labute approximate surface area is 102 Å². The van der Waals surface area contributed by atoms with Crippen LogP contribution in [0, 0.1) is 0 Å². The van der Waals surface area contributed by atoms with Crippen LogP contribution in [0.5, 0.6) is 0 Å². The van der Waals surface area contributed by atoms with E-state index < -0.39 is 0 Å². The molecule has 2 aromatic rings. The predicted octanol–water partition coefficient (Wildman–Crippen LogP) is 1.43. The van der Waals surface area contributed by atoms with E-state index in [0.717, 1.165) is 10.2 Å². The SMILES string of the molecule is CNC(Cc1nnn(C)n1)c1ccc(Cl)s1. The fraction of sp³-hybridized carbons (Fsp3) is 0.444.